The van der Waals surface area contributed by atoms with Crippen molar-refractivity contribution in [2.24, 2.45) is 0 Å². The number of hydrogen-bond donors (Lipinski definition) is 0. The van der Waals surface area contributed by atoms with Crippen molar-refractivity contribution in [3.05, 3.63) is 58.9 Å². The van der Waals surface area contributed by atoms with E-state index < -0.39 is 5.82 Å². The van der Waals surface area contributed by atoms with Crippen molar-refractivity contribution < 1.29 is 4.39 Å². The molecule has 0 radical (unpaired) electrons. The first-order valence-corrected chi connectivity index (χ1v) is 6.89. The third-order valence-corrected chi connectivity index (χ3v) is 3.61. The van der Waals surface area contributed by atoms with Gasteiger partial charge in [-0.25, -0.2) is 9.37 Å². The quantitative estimate of drug-likeness (QED) is 0.684. The molecule has 3 nitrogen and oxygen atoms in total. The maximum Gasteiger partial charge on any atom is 0.144 e. The van der Waals surface area contributed by atoms with Gasteiger partial charge in [0.25, 0.3) is 0 Å². The minimum atomic E-state index is -0.478. The first kappa shape index (κ1) is 13.3. The van der Waals surface area contributed by atoms with Crippen LogP contribution in [0.1, 0.15) is 11.4 Å². The van der Waals surface area contributed by atoms with Crippen molar-refractivity contribution in [1.29, 1.82) is 0 Å². The Bertz CT molecular complexity index is 756. The van der Waals surface area contributed by atoms with E-state index in [4.69, 9.17) is 23.2 Å². The van der Waals surface area contributed by atoms with Crippen molar-refractivity contribution in [1.82, 2.24) is 14.5 Å². The SMILES string of the molecule is Fc1cc2nc(CCl)n(Cc3ccncc3)c2cc1Cl. The van der Waals surface area contributed by atoms with E-state index in [9.17, 15) is 4.39 Å². The van der Waals surface area contributed by atoms with E-state index in [0.29, 0.717) is 17.9 Å². The van der Waals surface area contributed by atoms with Crippen LogP contribution < -0.4 is 0 Å². The molecular weight excluding hydrogens is 300 g/mol. The predicted molar refractivity (Wildman–Crippen MR) is 77.6 cm³/mol. The number of rotatable bonds is 3. The number of benzene rings is 1. The molecular formula is C14H10Cl2FN3. The molecule has 3 rings (SSSR count). The molecule has 0 aliphatic rings. The maximum absolute atomic E-state index is 13.5. The molecule has 1 aromatic carbocycles. The summed E-state index contributed by atoms with van der Waals surface area (Å²) < 4.78 is 15.4. The maximum atomic E-state index is 13.5. The average molecular weight is 310 g/mol. The second kappa shape index (κ2) is 5.38. The highest BCUT2D eigenvalue weighted by atomic mass is 35.5. The monoisotopic (exact) mass is 309 g/mol. The molecule has 0 atom stereocenters. The summed E-state index contributed by atoms with van der Waals surface area (Å²) in [5.41, 5.74) is 2.38. The van der Waals surface area contributed by atoms with Gasteiger partial charge < -0.3 is 4.57 Å². The molecule has 0 aliphatic heterocycles. The van der Waals surface area contributed by atoms with Crippen LogP contribution in [0.3, 0.4) is 0 Å². The summed E-state index contributed by atoms with van der Waals surface area (Å²) in [5, 5.41) is 0.0782. The number of fused-ring (bicyclic) bond motifs is 1. The Labute approximate surface area is 125 Å². The molecule has 0 saturated heterocycles. The first-order chi connectivity index (χ1) is 9.69. The average Bonchev–Trinajstić information content (AvgIpc) is 2.78. The minimum absolute atomic E-state index is 0.0782. The Morgan fingerprint density at radius 3 is 2.65 bits per heavy atom. The summed E-state index contributed by atoms with van der Waals surface area (Å²) in [5.74, 6) is 0.452. The zero-order valence-electron chi connectivity index (χ0n) is 10.4. The molecule has 0 unspecified atom stereocenters. The molecule has 0 amide bonds. The van der Waals surface area contributed by atoms with Gasteiger partial charge in [-0.2, -0.15) is 0 Å². The van der Waals surface area contributed by atoms with Gasteiger partial charge in [-0.3, -0.25) is 4.98 Å². The van der Waals surface area contributed by atoms with Gasteiger partial charge in [-0.05, 0) is 23.8 Å². The largest absolute Gasteiger partial charge is 0.322 e. The zero-order valence-corrected chi connectivity index (χ0v) is 11.9. The topological polar surface area (TPSA) is 30.7 Å². The van der Waals surface area contributed by atoms with E-state index in [1.165, 1.54) is 6.07 Å². The lowest BCUT2D eigenvalue weighted by Gasteiger charge is -2.08. The molecule has 6 heteroatoms. The number of alkyl halides is 1. The lowest BCUT2D eigenvalue weighted by molar-refractivity contribution is 0.629. The van der Waals surface area contributed by atoms with Crippen LogP contribution in [0.5, 0.6) is 0 Å². The molecule has 0 fully saturated rings. The highest BCUT2D eigenvalue weighted by molar-refractivity contribution is 6.31. The summed E-state index contributed by atoms with van der Waals surface area (Å²) in [7, 11) is 0. The van der Waals surface area contributed by atoms with Crippen molar-refractivity contribution in [2.45, 2.75) is 12.4 Å². The molecule has 0 bridgehead atoms. The van der Waals surface area contributed by atoms with E-state index in [0.717, 1.165) is 11.1 Å². The Morgan fingerprint density at radius 2 is 1.95 bits per heavy atom. The summed E-state index contributed by atoms with van der Waals surface area (Å²) >= 11 is 11.8. The summed E-state index contributed by atoms with van der Waals surface area (Å²) in [6.07, 6.45) is 3.45. The summed E-state index contributed by atoms with van der Waals surface area (Å²) in [6, 6.07) is 6.73. The highest BCUT2D eigenvalue weighted by Gasteiger charge is 2.13. The van der Waals surface area contributed by atoms with Gasteiger partial charge in [0.15, 0.2) is 0 Å². The Morgan fingerprint density at radius 1 is 1.20 bits per heavy atom. The first-order valence-electron chi connectivity index (χ1n) is 5.98. The third-order valence-electron chi connectivity index (χ3n) is 3.08. The van der Waals surface area contributed by atoms with Gasteiger partial charge in [0.05, 0.1) is 21.9 Å². The molecule has 0 N–H and O–H groups in total. The van der Waals surface area contributed by atoms with Crippen LogP contribution in [0.4, 0.5) is 4.39 Å². The molecule has 102 valence electrons. The van der Waals surface area contributed by atoms with Crippen LogP contribution in [0.15, 0.2) is 36.7 Å². The molecule has 3 aromatic rings. The second-order valence-corrected chi connectivity index (χ2v) is 5.03. The van der Waals surface area contributed by atoms with Gasteiger partial charge in [0.2, 0.25) is 0 Å². The fourth-order valence-corrected chi connectivity index (χ4v) is 2.48. The zero-order chi connectivity index (χ0) is 14.1. The number of aromatic nitrogens is 3. The van der Waals surface area contributed by atoms with E-state index >= 15 is 0 Å². The fourth-order valence-electron chi connectivity index (χ4n) is 2.12. The lowest BCUT2D eigenvalue weighted by Crippen LogP contribution is -2.03. The van der Waals surface area contributed by atoms with Crippen LogP contribution >= 0.6 is 23.2 Å². The highest BCUT2D eigenvalue weighted by Crippen LogP contribution is 2.25. The second-order valence-electron chi connectivity index (χ2n) is 4.36. The molecule has 2 heterocycles. The minimum Gasteiger partial charge on any atom is -0.322 e. The van der Waals surface area contributed by atoms with Crippen molar-refractivity contribution in [2.75, 3.05) is 0 Å². The van der Waals surface area contributed by atoms with Gasteiger partial charge in [0.1, 0.15) is 11.6 Å². The molecule has 0 spiro atoms. The predicted octanol–water partition coefficient (Wildman–Crippen LogP) is 4.01. The van der Waals surface area contributed by atoms with Gasteiger partial charge in [0, 0.05) is 25.0 Å². The van der Waals surface area contributed by atoms with Crippen molar-refractivity contribution >= 4 is 34.2 Å². The van der Waals surface area contributed by atoms with Gasteiger partial charge in [-0.15, -0.1) is 11.6 Å². The standard InChI is InChI=1S/C14H10Cl2FN3/c15-7-14-19-12-6-11(17)10(16)5-13(12)20(14)8-9-1-3-18-4-2-9/h1-6H,7-8H2. The molecule has 0 aliphatic carbocycles. The van der Waals surface area contributed by atoms with Crippen LogP contribution in [0.25, 0.3) is 11.0 Å². The Balaban J connectivity index is 2.15. The molecule has 0 saturated carbocycles. The van der Waals surface area contributed by atoms with Gasteiger partial charge in [-0.1, -0.05) is 11.6 Å². The van der Waals surface area contributed by atoms with Gasteiger partial charge >= 0.3 is 0 Å². The van der Waals surface area contributed by atoms with Crippen LogP contribution in [-0.4, -0.2) is 14.5 Å². The summed E-state index contributed by atoms with van der Waals surface area (Å²) in [4.78, 5) is 8.33. The smallest absolute Gasteiger partial charge is 0.144 e. The van der Waals surface area contributed by atoms with Crippen LogP contribution in [-0.2, 0) is 12.4 Å². The number of hydrogen-bond acceptors (Lipinski definition) is 2. The van der Waals surface area contributed by atoms with E-state index in [2.05, 4.69) is 9.97 Å². The van der Waals surface area contributed by atoms with Crippen LogP contribution in [0, 0.1) is 5.82 Å². The molecule has 20 heavy (non-hydrogen) atoms. The Kier molecular flexibility index (Phi) is 3.59. The fraction of sp³-hybridized carbons (Fsp3) is 0.143. The van der Waals surface area contributed by atoms with E-state index in [-0.39, 0.29) is 10.9 Å². The third kappa shape index (κ3) is 2.37. The van der Waals surface area contributed by atoms with E-state index in [1.807, 2.05) is 16.7 Å². The Hall–Kier alpha value is -1.65. The summed E-state index contributed by atoms with van der Waals surface area (Å²) in [6.45, 7) is 0.586. The number of pyridine rings is 1. The van der Waals surface area contributed by atoms with Crippen molar-refractivity contribution in [3.8, 4) is 0 Å². The molecule has 2 aromatic heterocycles. The van der Waals surface area contributed by atoms with Crippen molar-refractivity contribution in [3.63, 3.8) is 0 Å². The normalized spacial score (nSPS) is 11.2. The number of nitrogens with zero attached hydrogens (tertiary/aromatic N) is 3. The lowest BCUT2D eigenvalue weighted by atomic mass is 10.2. The number of halogens is 3. The number of imidazole rings is 1. The van der Waals surface area contributed by atoms with E-state index in [1.54, 1.807) is 18.5 Å². The van der Waals surface area contributed by atoms with Crippen LogP contribution in [0.2, 0.25) is 5.02 Å².